The average molecular weight is 322 g/mol. The highest BCUT2D eigenvalue weighted by Gasteiger charge is 2.19. The van der Waals surface area contributed by atoms with Crippen LogP contribution in [0.2, 0.25) is 0 Å². The number of hydrogen-bond acceptors (Lipinski definition) is 4. The highest BCUT2D eigenvalue weighted by Crippen LogP contribution is 2.31. The zero-order valence-corrected chi connectivity index (χ0v) is 13.1. The third-order valence-electron chi connectivity index (χ3n) is 3.63. The van der Waals surface area contributed by atoms with Crippen molar-refractivity contribution >= 4 is 0 Å². The normalized spacial score (nSPS) is 10.5. The highest BCUT2D eigenvalue weighted by atomic mass is 19.1. The topological polar surface area (TPSA) is 74.6 Å². The van der Waals surface area contributed by atoms with Crippen molar-refractivity contribution < 1.29 is 9.13 Å². The van der Waals surface area contributed by atoms with Gasteiger partial charge in [-0.1, -0.05) is 35.5 Å². The fourth-order valence-electron chi connectivity index (χ4n) is 2.47. The van der Waals surface area contributed by atoms with Gasteiger partial charge in [0.15, 0.2) is 5.69 Å². The maximum atomic E-state index is 14.9. The Balaban J connectivity index is 2.19. The number of aromatic amines is 1. The molecule has 1 aromatic heterocycles. The number of benzene rings is 2. The van der Waals surface area contributed by atoms with Crippen LogP contribution in [0.5, 0.6) is 0 Å². The molecular weight excluding hydrogens is 307 g/mol. The monoisotopic (exact) mass is 322 g/mol. The van der Waals surface area contributed by atoms with E-state index in [-0.39, 0.29) is 23.6 Å². The number of nitriles is 1. The minimum Gasteiger partial charge on any atom is -0.377 e. The largest absolute Gasteiger partial charge is 0.377 e. The minimum atomic E-state index is -0.450. The minimum absolute atomic E-state index is 0.126. The third-order valence-corrected chi connectivity index (χ3v) is 3.63. The summed E-state index contributed by atoms with van der Waals surface area (Å²) in [6.45, 7) is 2.48. The Morgan fingerprint density at radius 1 is 1.21 bits per heavy atom. The summed E-state index contributed by atoms with van der Waals surface area (Å²) in [4.78, 5) is 0. The van der Waals surface area contributed by atoms with Crippen molar-refractivity contribution in [3.05, 3.63) is 59.5 Å². The zero-order chi connectivity index (χ0) is 16.9. The maximum Gasteiger partial charge on any atom is 0.163 e. The van der Waals surface area contributed by atoms with Crippen LogP contribution >= 0.6 is 0 Å². The Kier molecular flexibility index (Phi) is 4.64. The lowest BCUT2D eigenvalue weighted by atomic mass is 9.97. The van der Waals surface area contributed by atoms with Crippen LogP contribution in [-0.4, -0.2) is 22.0 Å². The van der Waals surface area contributed by atoms with E-state index in [0.29, 0.717) is 12.2 Å². The van der Waals surface area contributed by atoms with E-state index in [4.69, 9.17) is 10.00 Å². The SMILES string of the molecule is CCOCc1cc(-c2ccccc2)cc(-c2nn[nH]c2C#N)c1F. The predicted octanol–water partition coefficient (Wildman–Crippen LogP) is 3.69. The number of H-pyrrole nitrogens is 1. The lowest BCUT2D eigenvalue weighted by Crippen LogP contribution is -2.00. The van der Waals surface area contributed by atoms with Gasteiger partial charge in [-0.15, -0.1) is 5.10 Å². The van der Waals surface area contributed by atoms with Gasteiger partial charge in [0.25, 0.3) is 0 Å². The van der Waals surface area contributed by atoms with Gasteiger partial charge in [-0.25, -0.2) is 9.49 Å². The first-order valence-electron chi connectivity index (χ1n) is 7.51. The Morgan fingerprint density at radius 2 is 2.00 bits per heavy atom. The van der Waals surface area contributed by atoms with Gasteiger partial charge < -0.3 is 4.74 Å². The predicted molar refractivity (Wildman–Crippen MR) is 87.3 cm³/mol. The molecule has 0 aliphatic rings. The number of rotatable bonds is 5. The lowest BCUT2D eigenvalue weighted by molar-refractivity contribution is 0.131. The molecule has 0 unspecified atom stereocenters. The van der Waals surface area contributed by atoms with E-state index in [1.54, 1.807) is 12.1 Å². The summed E-state index contributed by atoms with van der Waals surface area (Å²) in [5, 5.41) is 19.1. The molecule has 3 rings (SSSR count). The van der Waals surface area contributed by atoms with Crippen molar-refractivity contribution in [3.63, 3.8) is 0 Å². The molecule has 0 atom stereocenters. The molecule has 0 radical (unpaired) electrons. The quantitative estimate of drug-likeness (QED) is 0.777. The van der Waals surface area contributed by atoms with Gasteiger partial charge in [-0.05, 0) is 30.2 Å². The molecule has 0 fully saturated rings. The molecule has 3 aromatic rings. The second-order valence-corrected chi connectivity index (χ2v) is 5.15. The summed E-state index contributed by atoms with van der Waals surface area (Å²) in [7, 11) is 0. The molecule has 2 aromatic carbocycles. The Bertz CT molecular complexity index is 884. The third kappa shape index (κ3) is 3.03. The van der Waals surface area contributed by atoms with Gasteiger partial charge in [-0.2, -0.15) is 5.26 Å². The van der Waals surface area contributed by atoms with E-state index in [2.05, 4.69) is 15.4 Å². The van der Waals surface area contributed by atoms with E-state index in [1.807, 2.05) is 43.3 Å². The van der Waals surface area contributed by atoms with E-state index in [0.717, 1.165) is 11.1 Å². The molecule has 0 bridgehead atoms. The summed E-state index contributed by atoms with van der Waals surface area (Å²) in [5.41, 5.74) is 2.75. The first-order valence-corrected chi connectivity index (χ1v) is 7.51. The van der Waals surface area contributed by atoms with Gasteiger partial charge >= 0.3 is 0 Å². The average Bonchev–Trinajstić information content (AvgIpc) is 3.10. The Labute approximate surface area is 138 Å². The molecule has 5 nitrogen and oxygen atoms in total. The van der Waals surface area contributed by atoms with Gasteiger partial charge in [-0.3, -0.25) is 0 Å². The van der Waals surface area contributed by atoms with E-state index in [9.17, 15) is 4.39 Å². The van der Waals surface area contributed by atoms with Gasteiger partial charge in [0, 0.05) is 17.7 Å². The molecule has 0 aliphatic carbocycles. The fourth-order valence-corrected chi connectivity index (χ4v) is 2.47. The lowest BCUT2D eigenvalue weighted by Gasteiger charge is -2.11. The number of ether oxygens (including phenoxy) is 1. The molecule has 24 heavy (non-hydrogen) atoms. The summed E-state index contributed by atoms with van der Waals surface area (Å²) >= 11 is 0. The van der Waals surface area contributed by atoms with Crippen molar-refractivity contribution in [2.75, 3.05) is 6.61 Å². The first kappa shape index (κ1) is 15.8. The Morgan fingerprint density at radius 3 is 2.71 bits per heavy atom. The highest BCUT2D eigenvalue weighted by molar-refractivity contribution is 5.74. The van der Waals surface area contributed by atoms with Crippen LogP contribution in [-0.2, 0) is 11.3 Å². The molecular formula is C18H15FN4O. The summed E-state index contributed by atoms with van der Waals surface area (Å²) in [6.07, 6.45) is 0. The van der Waals surface area contributed by atoms with Crippen LogP contribution in [0.25, 0.3) is 22.4 Å². The van der Waals surface area contributed by atoms with E-state index < -0.39 is 5.82 Å². The van der Waals surface area contributed by atoms with Gasteiger partial charge in [0.2, 0.25) is 0 Å². The van der Waals surface area contributed by atoms with Gasteiger partial charge in [0.05, 0.1) is 6.61 Å². The molecule has 0 spiro atoms. The van der Waals surface area contributed by atoms with Crippen molar-refractivity contribution in [2.24, 2.45) is 0 Å². The first-order chi connectivity index (χ1) is 11.7. The van der Waals surface area contributed by atoms with Crippen LogP contribution in [0.1, 0.15) is 18.2 Å². The van der Waals surface area contributed by atoms with Crippen LogP contribution in [0.4, 0.5) is 4.39 Å². The van der Waals surface area contributed by atoms with Gasteiger partial charge in [0.1, 0.15) is 17.6 Å². The molecule has 0 saturated carbocycles. The Hall–Kier alpha value is -3.04. The molecule has 1 N–H and O–H groups in total. The van der Waals surface area contributed by atoms with Crippen LogP contribution in [0.15, 0.2) is 42.5 Å². The smallest absolute Gasteiger partial charge is 0.163 e. The number of hydrogen-bond donors (Lipinski definition) is 1. The molecule has 0 saturated heterocycles. The molecule has 0 amide bonds. The van der Waals surface area contributed by atoms with Crippen molar-refractivity contribution in [3.8, 4) is 28.5 Å². The summed E-state index contributed by atoms with van der Waals surface area (Å²) in [6, 6.07) is 15.0. The molecule has 0 aliphatic heterocycles. The number of halogens is 1. The molecule has 120 valence electrons. The zero-order valence-electron chi connectivity index (χ0n) is 13.1. The molecule has 1 heterocycles. The summed E-state index contributed by atoms with van der Waals surface area (Å²) in [5.74, 6) is -0.450. The number of nitrogens with zero attached hydrogens (tertiary/aromatic N) is 3. The number of nitrogens with one attached hydrogen (secondary N) is 1. The second kappa shape index (κ2) is 7.02. The van der Waals surface area contributed by atoms with Crippen molar-refractivity contribution in [2.45, 2.75) is 13.5 Å². The standard InChI is InChI=1S/C18H15FN4O/c1-2-24-11-14-8-13(12-6-4-3-5-7-12)9-15(17(14)19)18-16(10-20)21-23-22-18/h3-9H,2,11H2,1H3,(H,21,22,23). The maximum absolute atomic E-state index is 14.9. The van der Waals surface area contributed by atoms with Crippen LogP contribution in [0, 0.1) is 17.1 Å². The van der Waals surface area contributed by atoms with Crippen LogP contribution in [0.3, 0.4) is 0 Å². The van der Waals surface area contributed by atoms with E-state index >= 15 is 0 Å². The van der Waals surface area contributed by atoms with Crippen molar-refractivity contribution in [1.82, 2.24) is 15.4 Å². The van der Waals surface area contributed by atoms with E-state index in [1.165, 1.54) is 0 Å². The second-order valence-electron chi connectivity index (χ2n) is 5.15. The summed E-state index contributed by atoms with van der Waals surface area (Å²) < 4.78 is 20.3. The number of aromatic nitrogens is 3. The van der Waals surface area contributed by atoms with Crippen molar-refractivity contribution in [1.29, 1.82) is 5.26 Å². The van der Waals surface area contributed by atoms with Crippen LogP contribution < -0.4 is 0 Å². The molecule has 6 heteroatoms. The fraction of sp³-hybridized carbons (Fsp3) is 0.167.